The molecule has 0 aromatic carbocycles. The molecule has 0 bridgehead atoms. The van der Waals surface area contributed by atoms with Gasteiger partial charge in [0.1, 0.15) is 15.6 Å². The molecule has 0 radical (unpaired) electrons. The van der Waals surface area contributed by atoms with Crippen molar-refractivity contribution in [2.45, 2.75) is 6.54 Å². The number of nitrogens with zero attached hydrogens (tertiary/aromatic N) is 5. The van der Waals surface area contributed by atoms with Crippen LogP contribution in [0.1, 0.15) is 25.9 Å². The summed E-state index contributed by atoms with van der Waals surface area (Å²) in [5, 5.41) is 8.84. The molecule has 3 aromatic rings. The van der Waals surface area contributed by atoms with Crippen LogP contribution in [-0.4, -0.2) is 38.0 Å². The molecule has 3 heterocycles. The van der Waals surface area contributed by atoms with Gasteiger partial charge in [-0.15, -0.1) is 16.4 Å². The van der Waals surface area contributed by atoms with Crippen LogP contribution in [-0.2, 0) is 11.3 Å². The lowest BCUT2D eigenvalue weighted by molar-refractivity contribution is 0.0606. The monoisotopic (exact) mass is 327 g/mol. The standard InChI is InChI=1S/C15H13N5O2S/c1-22-15(21)13-8-17-14(23-13)5-4-12-10-20(19-18-12)9-11-3-2-6-16-7-11/h2-8,10H,9H2,1H3. The smallest absolute Gasteiger partial charge is 0.349 e. The number of esters is 1. The number of hydrogen-bond acceptors (Lipinski definition) is 7. The maximum atomic E-state index is 11.4. The van der Waals surface area contributed by atoms with Gasteiger partial charge in [-0.1, -0.05) is 11.3 Å². The summed E-state index contributed by atoms with van der Waals surface area (Å²) >= 11 is 1.26. The Morgan fingerprint density at radius 1 is 1.39 bits per heavy atom. The lowest BCUT2D eigenvalue weighted by atomic mass is 10.3. The zero-order valence-electron chi connectivity index (χ0n) is 12.3. The van der Waals surface area contributed by atoms with E-state index in [1.54, 1.807) is 29.2 Å². The second-order valence-electron chi connectivity index (χ2n) is 4.59. The summed E-state index contributed by atoms with van der Waals surface area (Å²) in [5.41, 5.74) is 1.76. The first-order valence-electron chi connectivity index (χ1n) is 6.76. The average Bonchev–Trinajstić information content (AvgIpc) is 3.22. The fourth-order valence-corrected chi connectivity index (χ4v) is 2.60. The van der Waals surface area contributed by atoms with Gasteiger partial charge in [0.2, 0.25) is 0 Å². The molecule has 0 atom stereocenters. The summed E-state index contributed by atoms with van der Waals surface area (Å²) < 4.78 is 6.38. The van der Waals surface area contributed by atoms with E-state index in [0.717, 1.165) is 5.56 Å². The first kappa shape index (κ1) is 15.0. The highest BCUT2D eigenvalue weighted by Gasteiger charge is 2.08. The van der Waals surface area contributed by atoms with Gasteiger partial charge in [0, 0.05) is 12.4 Å². The SMILES string of the molecule is COC(=O)c1cnc(C=Cc2cn(Cc3cccnc3)nn2)s1. The van der Waals surface area contributed by atoms with Crippen molar-refractivity contribution in [2.24, 2.45) is 0 Å². The van der Waals surface area contributed by atoms with Crippen molar-refractivity contribution in [1.29, 1.82) is 0 Å². The lowest BCUT2D eigenvalue weighted by Crippen LogP contribution is -2.00. The number of thiazole rings is 1. The molecule has 8 heteroatoms. The Morgan fingerprint density at radius 3 is 3.09 bits per heavy atom. The molecule has 0 N–H and O–H groups in total. The Bertz CT molecular complexity index is 825. The third-order valence-corrected chi connectivity index (χ3v) is 3.87. The van der Waals surface area contributed by atoms with Crippen LogP contribution in [0.4, 0.5) is 0 Å². The largest absolute Gasteiger partial charge is 0.465 e. The zero-order chi connectivity index (χ0) is 16.1. The van der Waals surface area contributed by atoms with Gasteiger partial charge < -0.3 is 4.74 Å². The van der Waals surface area contributed by atoms with Gasteiger partial charge in [0.05, 0.1) is 26.0 Å². The number of carbonyl (C=O) groups is 1. The van der Waals surface area contributed by atoms with Crippen molar-refractivity contribution in [3.63, 3.8) is 0 Å². The summed E-state index contributed by atoms with van der Waals surface area (Å²) in [6.45, 7) is 0.610. The van der Waals surface area contributed by atoms with Crippen LogP contribution in [0.5, 0.6) is 0 Å². The van der Waals surface area contributed by atoms with Crippen molar-refractivity contribution in [2.75, 3.05) is 7.11 Å². The normalized spacial score (nSPS) is 11.0. The van der Waals surface area contributed by atoms with Crippen LogP contribution in [0.3, 0.4) is 0 Å². The molecule has 0 fully saturated rings. The van der Waals surface area contributed by atoms with Gasteiger partial charge in [0.15, 0.2) is 0 Å². The lowest BCUT2D eigenvalue weighted by Gasteiger charge is -1.98. The van der Waals surface area contributed by atoms with Crippen LogP contribution in [0, 0.1) is 0 Å². The Kier molecular flexibility index (Phi) is 4.53. The van der Waals surface area contributed by atoms with E-state index < -0.39 is 0 Å². The molecule has 0 aliphatic rings. The van der Waals surface area contributed by atoms with E-state index in [1.165, 1.54) is 24.6 Å². The predicted octanol–water partition coefficient (Wildman–Crippen LogP) is 2.13. The molecule has 0 aliphatic carbocycles. The molecule has 0 spiro atoms. The minimum atomic E-state index is -0.385. The van der Waals surface area contributed by atoms with Gasteiger partial charge in [0.25, 0.3) is 0 Å². The highest BCUT2D eigenvalue weighted by atomic mass is 32.1. The van der Waals surface area contributed by atoms with E-state index in [0.29, 0.717) is 22.1 Å². The Morgan fingerprint density at radius 2 is 2.30 bits per heavy atom. The fraction of sp³-hybridized carbons (Fsp3) is 0.133. The molecular weight excluding hydrogens is 314 g/mol. The average molecular weight is 327 g/mol. The molecule has 0 unspecified atom stereocenters. The summed E-state index contributed by atoms with van der Waals surface area (Å²) in [6.07, 6.45) is 10.4. The number of ether oxygens (including phenoxy) is 1. The number of carbonyl (C=O) groups excluding carboxylic acids is 1. The van der Waals surface area contributed by atoms with Crippen molar-refractivity contribution in [3.8, 4) is 0 Å². The summed E-state index contributed by atoms with van der Waals surface area (Å²) in [7, 11) is 1.35. The maximum Gasteiger partial charge on any atom is 0.349 e. The molecule has 116 valence electrons. The molecule has 0 saturated heterocycles. The first-order valence-corrected chi connectivity index (χ1v) is 7.57. The summed E-state index contributed by atoms with van der Waals surface area (Å²) in [6, 6.07) is 3.86. The molecule has 3 aromatic heterocycles. The van der Waals surface area contributed by atoms with Crippen LogP contribution < -0.4 is 0 Å². The summed E-state index contributed by atoms with van der Waals surface area (Å²) in [5.74, 6) is -0.385. The Balaban J connectivity index is 1.66. The number of methoxy groups -OCH3 is 1. The molecule has 0 aliphatic heterocycles. The maximum absolute atomic E-state index is 11.4. The zero-order valence-corrected chi connectivity index (χ0v) is 13.1. The van der Waals surface area contributed by atoms with Crippen molar-refractivity contribution in [3.05, 3.63) is 58.1 Å². The van der Waals surface area contributed by atoms with Crippen LogP contribution >= 0.6 is 11.3 Å². The predicted molar refractivity (Wildman–Crippen MR) is 85.7 cm³/mol. The van der Waals surface area contributed by atoms with Gasteiger partial charge in [-0.2, -0.15) is 0 Å². The van der Waals surface area contributed by atoms with Gasteiger partial charge >= 0.3 is 5.97 Å². The van der Waals surface area contributed by atoms with E-state index >= 15 is 0 Å². The Hall–Kier alpha value is -2.87. The molecule has 0 saturated carbocycles. The van der Waals surface area contributed by atoms with Crippen molar-refractivity contribution in [1.82, 2.24) is 25.0 Å². The highest BCUT2D eigenvalue weighted by Crippen LogP contribution is 2.16. The van der Waals surface area contributed by atoms with E-state index in [1.807, 2.05) is 18.3 Å². The van der Waals surface area contributed by atoms with Crippen molar-refractivity contribution >= 4 is 29.5 Å². The minimum absolute atomic E-state index is 0.385. The number of aromatic nitrogens is 5. The topological polar surface area (TPSA) is 82.8 Å². The van der Waals surface area contributed by atoms with E-state index in [-0.39, 0.29) is 5.97 Å². The van der Waals surface area contributed by atoms with Gasteiger partial charge in [-0.05, 0) is 23.8 Å². The van der Waals surface area contributed by atoms with E-state index in [9.17, 15) is 4.79 Å². The third-order valence-electron chi connectivity index (χ3n) is 2.93. The van der Waals surface area contributed by atoms with Crippen LogP contribution in [0.25, 0.3) is 12.2 Å². The van der Waals surface area contributed by atoms with Crippen LogP contribution in [0.15, 0.2) is 36.9 Å². The van der Waals surface area contributed by atoms with Gasteiger partial charge in [-0.25, -0.2) is 14.5 Å². The summed E-state index contributed by atoms with van der Waals surface area (Å²) in [4.78, 5) is 20.0. The number of rotatable bonds is 5. The molecule has 0 amide bonds. The quantitative estimate of drug-likeness (QED) is 0.668. The number of pyridine rings is 1. The molecule has 3 rings (SSSR count). The fourth-order valence-electron chi connectivity index (χ4n) is 1.86. The molecule has 23 heavy (non-hydrogen) atoms. The first-order chi connectivity index (χ1) is 11.2. The number of hydrogen-bond donors (Lipinski definition) is 0. The second kappa shape index (κ2) is 6.93. The van der Waals surface area contributed by atoms with E-state index in [2.05, 4.69) is 25.0 Å². The second-order valence-corrected chi connectivity index (χ2v) is 5.65. The Labute approximate surface area is 136 Å². The van der Waals surface area contributed by atoms with Crippen molar-refractivity contribution < 1.29 is 9.53 Å². The van der Waals surface area contributed by atoms with Crippen LogP contribution in [0.2, 0.25) is 0 Å². The third kappa shape index (κ3) is 3.86. The highest BCUT2D eigenvalue weighted by molar-refractivity contribution is 7.14. The van der Waals surface area contributed by atoms with E-state index in [4.69, 9.17) is 0 Å². The van der Waals surface area contributed by atoms with Gasteiger partial charge in [-0.3, -0.25) is 4.98 Å². The molecular formula is C15H13N5O2S. The minimum Gasteiger partial charge on any atom is -0.465 e. The molecule has 7 nitrogen and oxygen atoms in total.